The molecule has 0 aliphatic heterocycles. The van der Waals surface area contributed by atoms with Gasteiger partial charge < -0.3 is 15.2 Å². The maximum Gasteiger partial charge on any atom is 0.260 e. The van der Waals surface area contributed by atoms with Crippen molar-refractivity contribution >= 4 is 17.5 Å². The van der Waals surface area contributed by atoms with E-state index in [9.17, 15) is 9.90 Å². The van der Waals surface area contributed by atoms with E-state index in [0.717, 1.165) is 0 Å². The molecule has 0 bridgehead atoms. The van der Waals surface area contributed by atoms with Crippen LogP contribution in [0.2, 0.25) is 5.02 Å². The highest BCUT2D eigenvalue weighted by Gasteiger charge is 2.18. The van der Waals surface area contributed by atoms with Gasteiger partial charge in [0.15, 0.2) is 6.10 Å². The molecule has 1 amide bonds. The fraction of sp³-hybridized carbons (Fsp3) is 0.533. The molecule has 0 radical (unpaired) electrons. The number of carbonyl (C=O) groups is 1. The van der Waals surface area contributed by atoms with Crippen molar-refractivity contribution in [2.24, 2.45) is 5.92 Å². The second-order valence-electron chi connectivity index (χ2n) is 5.26. The number of aliphatic hydroxyl groups excluding tert-OH is 1. The van der Waals surface area contributed by atoms with Gasteiger partial charge in [0.2, 0.25) is 0 Å². The number of hydrogen-bond acceptors (Lipinski definition) is 3. The van der Waals surface area contributed by atoms with Gasteiger partial charge in [-0.1, -0.05) is 25.4 Å². The van der Waals surface area contributed by atoms with Crippen molar-refractivity contribution in [3.05, 3.63) is 28.8 Å². The summed E-state index contributed by atoms with van der Waals surface area (Å²) in [5.41, 5.74) is 0.570. The summed E-state index contributed by atoms with van der Waals surface area (Å²) in [5.74, 6) is 0.677. The number of ether oxygens (including phenoxy) is 1. The minimum absolute atomic E-state index is 0.176. The van der Waals surface area contributed by atoms with Gasteiger partial charge in [-0.2, -0.15) is 0 Å². The van der Waals surface area contributed by atoms with Gasteiger partial charge in [0, 0.05) is 17.1 Å². The molecular formula is C15H22ClNO3. The number of aliphatic hydroxyl groups is 1. The Morgan fingerprint density at radius 1 is 1.35 bits per heavy atom. The van der Waals surface area contributed by atoms with Crippen LogP contribution in [0, 0.1) is 5.92 Å². The van der Waals surface area contributed by atoms with Gasteiger partial charge in [-0.3, -0.25) is 4.79 Å². The zero-order chi connectivity index (χ0) is 15.3. The van der Waals surface area contributed by atoms with Crippen molar-refractivity contribution in [2.45, 2.75) is 39.9 Å². The molecule has 20 heavy (non-hydrogen) atoms. The van der Waals surface area contributed by atoms with Crippen molar-refractivity contribution in [1.29, 1.82) is 0 Å². The largest absolute Gasteiger partial charge is 0.481 e. The first-order valence-electron chi connectivity index (χ1n) is 6.73. The Kier molecular flexibility index (Phi) is 6.30. The van der Waals surface area contributed by atoms with Crippen molar-refractivity contribution in [3.8, 4) is 5.75 Å². The number of halogens is 1. The molecular weight excluding hydrogens is 278 g/mol. The highest BCUT2D eigenvalue weighted by Crippen LogP contribution is 2.29. The molecule has 4 nitrogen and oxygen atoms in total. The Morgan fingerprint density at radius 2 is 2.00 bits per heavy atom. The van der Waals surface area contributed by atoms with Crippen LogP contribution in [0.4, 0.5) is 0 Å². The summed E-state index contributed by atoms with van der Waals surface area (Å²) in [5, 5.41) is 13.0. The van der Waals surface area contributed by atoms with Crippen LogP contribution in [0.25, 0.3) is 0 Å². The maximum atomic E-state index is 11.9. The summed E-state index contributed by atoms with van der Waals surface area (Å²) in [6.07, 6.45) is -1.35. The summed E-state index contributed by atoms with van der Waals surface area (Å²) in [6, 6.07) is 4.97. The van der Waals surface area contributed by atoms with Crippen LogP contribution in [0.15, 0.2) is 18.2 Å². The Balaban J connectivity index is 2.75. The van der Waals surface area contributed by atoms with Gasteiger partial charge in [-0.15, -0.1) is 0 Å². The minimum atomic E-state index is -0.713. The van der Waals surface area contributed by atoms with Gasteiger partial charge in [0.1, 0.15) is 5.75 Å². The molecule has 1 aromatic carbocycles. The molecule has 0 aliphatic rings. The second kappa shape index (κ2) is 7.50. The summed E-state index contributed by atoms with van der Waals surface area (Å²) in [7, 11) is 0. The lowest BCUT2D eigenvalue weighted by Gasteiger charge is -2.19. The summed E-state index contributed by atoms with van der Waals surface area (Å²) < 4.78 is 5.63. The Hall–Kier alpha value is -1.26. The average molecular weight is 300 g/mol. The molecule has 0 fully saturated rings. The number of rotatable bonds is 6. The van der Waals surface area contributed by atoms with E-state index in [1.165, 1.54) is 0 Å². The fourth-order valence-corrected chi connectivity index (χ4v) is 1.83. The zero-order valence-corrected chi connectivity index (χ0v) is 13.1. The molecule has 0 heterocycles. The molecule has 112 valence electrons. The molecule has 0 aliphatic carbocycles. The van der Waals surface area contributed by atoms with Crippen molar-refractivity contribution in [3.63, 3.8) is 0 Å². The first kappa shape index (κ1) is 16.8. The number of carbonyl (C=O) groups excluding carboxylic acids is 1. The average Bonchev–Trinajstić information content (AvgIpc) is 2.37. The molecule has 2 atom stereocenters. The molecule has 1 aromatic rings. The van der Waals surface area contributed by atoms with E-state index in [4.69, 9.17) is 16.3 Å². The molecule has 1 rings (SSSR count). The highest BCUT2D eigenvalue weighted by molar-refractivity contribution is 6.30. The second-order valence-corrected chi connectivity index (χ2v) is 5.69. The molecule has 0 saturated carbocycles. The predicted octanol–water partition coefficient (Wildman–Crippen LogP) is 2.93. The molecule has 5 heteroatoms. The monoisotopic (exact) mass is 299 g/mol. The fourth-order valence-electron chi connectivity index (χ4n) is 1.65. The maximum absolute atomic E-state index is 11.9. The van der Waals surface area contributed by atoms with Crippen LogP contribution in [-0.4, -0.2) is 23.7 Å². The Morgan fingerprint density at radius 3 is 2.55 bits per heavy atom. The van der Waals surface area contributed by atoms with E-state index >= 15 is 0 Å². The Bertz CT molecular complexity index is 460. The van der Waals surface area contributed by atoms with Crippen LogP contribution in [0.3, 0.4) is 0 Å². The van der Waals surface area contributed by atoms with Crippen LogP contribution in [0.1, 0.15) is 39.4 Å². The van der Waals surface area contributed by atoms with Crippen molar-refractivity contribution in [1.82, 2.24) is 5.32 Å². The van der Waals surface area contributed by atoms with Crippen molar-refractivity contribution < 1.29 is 14.6 Å². The third-order valence-corrected chi connectivity index (χ3v) is 3.01. The smallest absolute Gasteiger partial charge is 0.260 e. The van der Waals surface area contributed by atoms with Crippen LogP contribution < -0.4 is 10.1 Å². The van der Waals surface area contributed by atoms with Crippen molar-refractivity contribution in [2.75, 3.05) is 6.54 Å². The van der Waals surface area contributed by atoms with E-state index in [2.05, 4.69) is 5.32 Å². The number of hydrogen-bond donors (Lipinski definition) is 2. The molecule has 0 saturated heterocycles. The van der Waals surface area contributed by atoms with Crippen LogP contribution >= 0.6 is 11.6 Å². The van der Waals surface area contributed by atoms with E-state index in [1.54, 1.807) is 32.0 Å². The Labute approximate surface area is 125 Å². The number of nitrogens with one attached hydrogen (secondary N) is 1. The molecule has 0 spiro atoms. The lowest BCUT2D eigenvalue weighted by Crippen LogP contribution is -2.38. The van der Waals surface area contributed by atoms with Gasteiger partial charge in [0.25, 0.3) is 5.91 Å². The van der Waals surface area contributed by atoms with E-state index in [1.807, 2.05) is 13.8 Å². The van der Waals surface area contributed by atoms with E-state index < -0.39 is 12.2 Å². The normalized spacial score (nSPS) is 13.9. The molecule has 2 N–H and O–H groups in total. The highest BCUT2D eigenvalue weighted by atomic mass is 35.5. The zero-order valence-electron chi connectivity index (χ0n) is 12.3. The SMILES string of the molecule is CC(C)CNC(=O)C(C)Oc1ccc(Cl)cc1C(C)O. The lowest BCUT2D eigenvalue weighted by molar-refractivity contribution is -0.127. The van der Waals surface area contributed by atoms with Gasteiger partial charge >= 0.3 is 0 Å². The van der Waals surface area contributed by atoms with Gasteiger partial charge in [0.05, 0.1) is 6.10 Å². The van der Waals surface area contributed by atoms with E-state index in [0.29, 0.717) is 28.8 Å². The first-order chi connectivity index (χ1) is 9.31. The van der Waals surface area contributed by atoms with E-state index in [-0.39, 0.29) is 5.91 Å². The topological polar surface area (TPSA) is 58.6 Å². The third-order valence-electron chi connectivity index (χ3n) is 2.78. The molecule has 0 aromatic heterocycles. The summed E-state index contributed by atoms with van der Waals surface area (Å²) >= 11 is 5.90. The standard InChI is InChI=1S/C15H22ClNO3/c1-9(2)8-17-15(19)11(4)20-14-6-5-12(16)7-13(14)10(3)18/h5-7,9-11,18H,8H2,1-4H3,(H,17,19). The van der Waals surface area contributed by atoms with Crippen LogP contribution in [-0.2, 0) is 4.79 Å². The summed E-state index contributed by atoms with van der Waals surface area (Å²) in [4.78, 5) is 11.9. The quantitative estimate of drug-likeness (QED) is 0.849. The summed E-state index contributed by atoms with van der Waals surface area (Å²) in [6.45, 7) is 7.96. The predicted molar refractivity (Wildman–Crippen MR) is 80.0 cm³/mol. The minimum Gasteiger partial charge on any atom is -0.481 e. The van der Waals surface area contributed by atoms with Crippen LogP contribution in [0.5, 0.6) is 5.75 Å². The number of benzene rings is 1. The van der Waals surface area contributed by atoms with Gasteiger partial charge in [-0.25, -0.2) is 0 Å². The van der Waals surface area contributed by atoms with Gasteiger partial charge in [-0.05, 0) is 38.0 Å². The number of amides is 1. The molecule has 2 unspecified atom stereocenters. The lowest BCUT2D eigenvalue weighted by atomic mass is 10.1. The first-order valence-corrected chi connectivity index (χ1v) is 7.11. The third kappa shape index (κ3) is 5.02.